The molecule has 0 aromatic heterocycles. The third kappa shape index (κ3) is 6.76. The van der Waals surface area contributed by atoms with E-state index in [2.05, 4.69) is 10.6 Å². The van der Waals surface area contributed by atoms with E-state index < -0.39 is 39.5 Å². The molecule has 3 atom stereocenters. The Bertz CT molecular complexity index is 1230. The summed E-state index contributed by atoms with van der Waals surface area (Å²) in [5.41, 5.74) is -0.199. The topological polar surface area (TPSA) is 125 Å². The fourth-order valence-electron chi connectivity index (χ4n) is 4.21. The first-order chi connectivity index (χ1) is 16.8. The van der Waals surface area contributed by atoms with Crippen LogP contribution in [0, 0.1) is 5.92 Å². The van der Waals surface area contributed by atoms with Crippen molar-refractivity contribution in [3.8, 4) is 5.75 Å². The molecule has 0 spiro atoms. The number of urea groups is 1. The number of carbonyl (C=O) groups excluding carboxylic acids is 2. The van der Waals surface area contributed by atoms with Crippen LogP contribution in [0.3, 0.4) is 0 Å². The van der Waals surface area contributed by atoms with Gasteiger partial charge in [-0.15, -0.1) is 0 Å². The number of carbonyl (C=O) groups is 2. The Morgan fingerprint density at radius 1 is 1.33 bits per heavy atom. The number of benzene rings is 2. The van der Waals surface area contributed by atoms with E-state index in [1.54, 1.807) is 30.3 Å². The van der Waals surface area contributed by atoms with E-state index in [1.807, 2.05) is 6.92 Å². The van der Waals surface area contributed by atoms with Crippen molar-refractivity contribution in [1.82, 2.24) is 15.5 Å². The van der Waals surface area contributed by atoms with E-state index in [4.69, 9.17) is 16.3 Å². The zero-order valence-corrected chi connectivity index (χ0v) is 22.3. The molecular formula is C25H32ClN3O6S. The molecule has 0 bridgehead atoms. The van der Waals surface area contributed by atoms with Gasteiger partial charge in [-0.25, -0.2) is 13.2 Å². The highest BCUT2D eigenvalue weighted by Gasteiger charge is 2.39. The molecule has 2 aromatic rings. The van der Waals surface area contributed by atoms with Gasteiger partial charge in [0.1, 0.15) is 11.5 Å². The Labute approximate surface area is 216 Å². The summed E-state index contributed by atoms with van der Waals surface area (Å²) in [6.45, 7) is 3.21. The lowest BCUT2D eigenvalue weighted by atomic mass is 9.97. The molecule has 0 radical (unpaired) electrons. The second-order valence-corrected chi connectivity index (χ2v) is 11.6. The van der Waals surface area contributed by atoms with Gasteiger partial charge >= 0.3 is 6.03 Å². The average Bonchev–Trinajstić information content (AvgIpc) is 2.93. The molecule has 3 N–H and O–H groups in total. The van der Waals surface area contributed by atoms with Crippen LogP contribution in [-0.4, -0.2) is 62.5 Å². The van der Waals surface area contributed by atoms with E-state index in [9.17, 15) is 23.1 Å². The van der Waals surface area contributed by atoms with E-state index >= 15 is 0 Å². The molecule has 0 aliphatic carbocycles. The lowest BCUT2D eigenvalue weighted by molar-refractivity contribution is -0.132. The summed E-state index contributed by atoms with van der Waals surface area (Å²) in [7, 11) is -1.91. The van der Waals surface area contributed by atoms with Crippen molar-refractivity contribution in [2.45, 2.75) is 43.4 Å². The number of imide groups is 1. The second kappa shape index (κ2) is 11.2. The number of hydrogen-bond acceptors (Lipinski definition) is 7. The first-order valence-electron chi connectivity index (χ1n) is 11.6. The highest BCUT2D eigenvalue weighted by atomic mass is 35.5. The van der Waals surface area contributed by atoms with E-state index in [0.29, 0.717) is 28.3 Å². The number of methoxy groups -OCH3 is 1. The van der Waals surface area contributed by atoms with Crippen LogP contribution < -0.4 is 15.4 Å². The van der Waals surface area contributed by atoms with Gasteiger partial charge in [0.2, 0.25) is 5.91 Å². The molecule has 11 heteroatoms. The minimum absolute atomic E-state index is 0.138. The van der Waals surface area contributed by atoms with Crippen LogP contribution in [-0.2, 0) is 21.1 Å². The Kier molecular flexibility index (Phi) is 8.66. The van der Waals surface area contributed by atoms with Crippen LogP contribution in [0.25, 0.3) is 0 Å². The first-order valence-corrected chi connectivity index (χ1v) is 13.8. The third-order valence-corrected chi connectivity index (χ3v) is 7.50. The highest BCUT2D eigenvalue weighted by Crippen LogP contribution is 2.28. The van der Waals surface area contributed by atoms with Crippen LogP contribution in [0.4, 0.5) is 4.79 Å². The maximum absolute atomic E-state index is 13.5. The molecule has 1 aliphatic rings. The number of nitrogens with one attached hydrogen (secondary N) is 2. The van der Waals surface area contributed by atoms with Crippen molar-refractivity contribution in [1.29, 1.82) is 0 Å². The zero-order chi connectivity index (χ0) is 26.7. The monoisotopic (exact) mass is 537 g/mol. The lowest BCUT2D eigenvalue weighted by Crippen LogP contribution is -2.53. The van der Waals surface area contributed by atoms with Gasteiger partial charge in [0.25, 0.3) is 0 Å². The lowest BCUT2D eigenvalue weighted by Gasteiger charge is -2.29. The minimum atomic E-state index is -3.43. The van der Waals surface area contributed by atoms with Gasteiger partial charge in [-0.2, -0.15) is 0 Å². The summed E-state index contributed by atoms with van der Waals surface area (Å²) in [4.78, 5) is 28.0. The summed E-state index contributed by atoms with van der Waals surface area (Å²) < 4.78 is 29.4. The number of aliphatic hydroxyl groups is 1. The number of β-amino-alcohol motifs (C(OH)–C–C–N with tert-alkyl or cyclic N) is 1. The molecule has 36 heavy (non-hydrogen) atoms. The molecule has 1 aliphatic heterocycles. The largest absolute Gasteiger partial charge is 0.496 e. The molecule has 1 fully saturated rings. The van der Waals surface area contributed by atoms with Crippen molar-refractivity contribution in [2.75, 3.05) is 26.5 Å². The van der Waals surface area contributed by atoms with Gasteiger partial charge in [-0.1, -0.05) is 30.7 Å². The fourth-order valence-corrected chi connectivity index (χ4v) is 5.08. The molecule has 2 aromatic carbocycles. The van der Waals surface area contributed by atoms with Crippen molar-refractivity contribution in [3.63, 3.8) is 0 Å². The van der Waals surface area contributed by atoms with Crippen molar-refractivity contribution in [3.05, 3.63) is 58.6 Å². The summed E-state index contributed by atoms with van der Waals surface area (Å²) in [6, 6.07) is 10.2. The van der Waals surface area contributed by atoms with Gasteiger partial charge in [0.05, 0.1) is 30.5 Å². The van der Waals surface area contributed by atoms with E-state index in [0.717, 1.165) is 11.2 Å². The minimum Gasteiger partial charge on any atom is -0.496 e. The average molecular weight is 538 g/mol. The standard InChI is InChI=1S/C25H32ClN3O6S/c1-5-21(16-7-6-8-20(13-16)36(4,33)34)28-24(31)29-15-25(2,32)27-14-18(23(29)30)11-17-12-19(26)9-10-22(17)35-3/h6-10,12-13,18,21,27,32H,5,11,14-15H2,1-4H3,(H,28,31). The zero-order valence-electron chi connectivity index (χ0n) is 20.7. The number of ether oxygens (including phenoxy) is 1. The van der Waals surface area contributed by atoms with Gasteiger partial charge < -0.3 is 15.2 Å². The summed E-state index contributed by atoms with van der Waals surface area (Å²) in [5.74, 6) is -0.568. The predicted octanol–water partition coefficient (Wildman–Crippen LogP) is 2.91. The SMILES string of the molecule is CCC(NC(=O)N1CC(C)(O)NCC(Cc2cc(Cl)ccc2OC)C1=O)c1cccc(S(C)(=O)=O)c1. The van der Waals surface area contributed by atoms with Gasteiger partial charge in [0.15, 0.2) is 9.84 Å². The van der Waals surface area contributed by atoms with Gasteiger partial charge in [-0.05, 0) is 61.2 Å². The van der Waals surface area contributed by atoms with Crippen molar-refractivity contribution < 1.29 is 27.9 Å². The van der Waals surface area contributed by atoms with Gasteiger partial charge in [-0.3, -0.25) is 15.0 Å². The smallest absolute Gasteiger partial charge is 0.324 e. The Balaban J connectivity index is 1.86. The molecule has 3 rings (SSSR count). The molecule has 9 nitrogen and oxygen atoms in total. The quantitative estimate of drug-likeness (QED) is 0.496. The Morgan fingerprint density at radius 3 is 2.69 bits per heavy atom. The second-order valence-electron chi connectivity index (χ2n) is 9.19. The van der Waals surface area contributed by atoms with Crippen molar-refractivity contribution >= 4 is 33.4 Å². The number of halogens is 1. The summed E-state index contributed by atoms with van der Waals surface area (Å²) in [5, 5.41) is 17.0. The molecule has 0 saturated carbocycles. The van der Waals surface area contributed by atoms with Crippen LogP contribution in [0.2, 0.25) is 5.02 Å². The maximum atomic E-state index is 13.5. The van der Waals surface area contributed by atoms with Crippen LogP contribution in [0.15, 0.2) is 47.4 Å². The molecule has 1 heterocycles. The summed E-state index contributed by atoms with van der Waals surface area (Å²) >= 11 is 6.15. The van der Waals surface area contributed by atoms with Crippen LogP contribution in [0.1, 0.15) is 37.4 Å². The Morgan fingerprint density at radius 2 is 2.06 bits per heavy atom. The van der Waals surface area contributed by atoms with E-state index in [-0.39, 0.29) is 24.4 Å². The third-order valence-electron chi connectivity index (χ3n) is 6.16. The molecule has 196 valence electrons. The molecule has 3 amide bonds. The summed E-state index contributed by atoms with van der Waals surface area (Å²) in [6.07, 6.45) is 1.81. The fraction of sp³-hybridized carbons (Fsp3) is 0.440. The molecule has 1 saturated heterocycles. The first kappa shape index (κ1) is 27.9. The van der Waals surface area contributed by atoms with E-state index in [1.165, 1.54) is 26.2 Å². The molecular weight excluding hydrogens is 506 g/mol. The normalized spacial score (nSPS) is 21.6. The van der Waals surface area contributed by atoms with Crippen LogP contribution >= 0.6 is 11.6 Å². The van der Waals surface area contributed by atoms with Crippen LogP contribution in [0.5, 0.6) is 5.75 Å². The van der Waals surface area contributed by atoms with Gasteiger partial charge in [0, 0.05) is 17.8 Å². The molecule has 3 unspecified atom stereocenters. The van der Waals surface area contributed by atoms with Crippen molar-refractivity contribution in [2.24, 2.45) is 5.92 Å². The number of hydrogen-bond donors (Lipinski definition) is 3. The number of nitrogens with zero attached hydrogens (tertiary/aromatic N) is 1. The number of rotatable bonds is 7. The number of amides is 3. The number of sulfone groups is 1. The predicted molar refractivity (Wildman–Crippen MR) is 137 cm³/mol. The highest BCUT2D eigenvalue weighted by molar-refractivity contribution is 7.90. The Hall–Kier alpha value is -2.66. The maximum Gasteiger partial charge on any atom is 0.324 e.